The topological polar surface area (TPSA) is 59.4 Å². The van der Waals surface area contributed by atoms with Gasteiger partial charge in [0.1, 0.15) is 5.01 Å². The van der Waals surface area contributed by atoms with Gasteiger partial charge in [-0.05, 0) is 19.4 Å². The van der Waals surface area contributed by atoms with Crippen LogP contribution in [0.15, 0.2) is 11.5 Å². The summed E-state index contributed by atoms with van der Waals surface area (Å²) >= 11 is 1.37. The van der Waals surface area contributed by atoms with E-state index in [1.165, 1.54) is 11.3 Å². The van der Waals surface area contributed by atoms with Crippen molar-refractivity contribution >= 4 is 23.4 Å². The van der Waals surface area contributed by atoms with Gasteiger partial charge in [-0.1, -0.05) is 6.08 Å². The molecule has 0 aliphatic heterocycles. The monoisotopic (exact) mass is 227 g/mol. The number of rotatable bonds is 5. The van der Waals surface area contributed by atoms with Crippen molar-refractivity contribution in [3.8, 4) is 0 Å². The van der Waals surface area contributed by atoms with E-state index in [0.29, 0.717) is 18.7 Å². The number of ether oxygens (including phenoxy) is 1. The van der Waals surface area contributed by atoms with E-state index >= 15 is 0 Å². The highest BCUT2D eigenvalue weighted by molar-refractivity contribution is 7.10. The third-order valence-electron chi connectivity index (χ3n) is 1.56. The molecule has 5 heteroatoms. The largest absolute Gasteiger partial charge is 0.461 e. The van der Waals surface area contributed by atoms with Gasteiger partial charge in [-0.25, -0.2) is 9.78 Å². The first kappa shape index (κ1) is 11.9. The lowest BCUT2D eigenvalue weighted by molar-refractivity contribution is 0.0520. The summed E-state index contributed by atoms with van der Waals surface area (Å²) in [6.45, 7) is 2.23. The Morgan fingerprint density at radius 3 is 3.20 bits per heavy atom. The highest BCUT2D eigenvalue weighted by Crippen LogP contribution is 2.12. The quantitative estimate of drug-likeness (QED) is 0.778. The molecule has 0 aromatic carbocycles. The summed E-state index contributed by atoms with van der Waals surface area (Å²) in [5.74, 6) is -0.393. The zero-order valence-electron chi connectivity index (χ0n) is 8.47. The van der Waals surface area contributed by atoms with Gasteiger partial charge in [-0.3, -0.25) is 0 Å². The van der Waals surface area contributed by atoms with E-state index in [1.807, 2.05) is 6.08 Å². The molecule has 0 atom stereocenters. The first-order valence-corrected chi connectivity index (χ1v) is 5.56. The molecule has 0 saturated heterocycles. The van der Waals surface area contributed by atoms with E-state index < -0.39 is 5.97 Å². The highest BCUT2D eigenvalue weighted by atomic mass is 32.1. The normalized spacial score (nSPS) is 10.8. The zero-order valence-corrected chi connectivity index (χ0v) is 9.29. The summed E-state index contributed by atoms with van der Waals surface area (Å²) in [6.07, 6.45) is 4.19. The highest BCUT2D eigenvalue weighted by Gasteiger charge is 2.09. The third-order valence-corrected chi connectivity index (χ3v) is 2.37. The Bertz CT molecular complexity index is 346. The number of aromatic nitrogens is 1. The first-order chi connectivity index (χ1) is 7.27. The second-order valence-electron chi connectivity index (χ2n) is 2.71. The van der Waals surface area contributed by atoms with Crippen molar-refractivity contribution < 1.29 is 14.6 Å². The van der Waals surface area contributed by atoms with Crippen molar-refractivity contribution in [2.24, 2.45) is 0 Å². The summed E-state index contributed by atoms with van der Waals surface area (Å²) < 4.78 is 4.81. The van der Waals surface area contributed by atoms with Crippen molar-refractivity contribution in [3.63, 3.8) is 0 Å². The van der Waals surface area contributed by atoms with Gasteiger partial charge in [-0.2, -0.15) is 0 Å². The smallest absolute Gasteiger partial charge is 0.357 e. The van der Waals surface area contributed by atoms with Crippen LogP contribution in [0, 0.1) is 0 Å². The molecule has 1 N–H and O–H groups in total. The molecule has 0 bridgehead atoms. The van der Waals surface area contributed by atoms with Crippen LogP contribution >= 0.6 is 11.3 Å². The fourth-order valence-electron chi connectivity index (χ4n) is 0.922. The fraction of sp³-hybridized carbons (Fsp3) is 0.400. The molecule has 0 saturated carbocycles. The first-order valence-electron chi connectivity index (χ1n) is 4.68. The standard InChI is InChI=1S/C10H13NO3S/c1-2-14-10(13)8-7-15-9(11-8)5-3-4-6-12/h3,5,7,12H,2,4,6H2,1H3. The molecular formula is C10H13NO3S. The molecule has 0 radical (unpaired) electrons. The van der Waals surface area contributed by atoms with Crippen molar-refractivity contribution in [1.82, 2.24) is 4.98 Å². The Labute approximate surface area is 92.2 Å². The minimum absolute atomic E-state index is 0.118. The molecule has 1 aromatic rings. The molecular weight excluding hydrogens is 214 g/mol. The van der Waals surface area contributed by atoms with Gasteiger partial charge in [0.05, 0.1) is 6.61 Å². The van der Waals surface area contributed by atoms with Crippen LogP contribution in [0.4, 0.5) is 0 Å². The van der Waals surface area contributed by atoms with Crippen LogP contribution in [0.1, 0.15) is 28.8 Å². The maximum Gasteiger partial charge on any atom is 0.357 e. The van der Waals surface area contributed by atoms with Crippen LogP contribution in [0.5, 0.6) is 0 Å². The Kier molecular flexibility index (Phi) is 5.00. The molecule has 1 rings (SSSR count). The van der Waals surface area contributed by atoms with Crippen LogP contribution in [0.2, 0.25) is 0 Å². The van der Waals surface area contributed by atoms with Crippen LogP contribution in [0.3, 0.4) is 0 Å². The molecule has 4 nitrogen and oxygen atoms in total. The van der Waals surface area contributed by atoms with Gasteiger partial charge in [0.2, 0.25) is 0 Å². The van der Waals surface area contributed by atoms with Crippen molar-refractivity contribution in [3.05, 3.63) is 22.2 Å². The maximum atomic E-state index is 11.2. The minimum atomic E-state index is -0.393. The Hall–Kier alpha value is -1.20. The lowest BCUT2D eigenvalue weighted by atomic mass is 10.4. The second-order valence-corrected chi connectivity index (χ2v) is 3.60. The Morgan fingerprint density at radius 2 is 2.53 bits per heavy atom. The number of esters is 1. The molecule has 0 unspecified atom stereocenters. The van der Waals surface area contributed by atoms with Crippen molar-refractivity contribution in [2.75, 3.05) is 13.2 Å². The van der Waals surface area contributed by atoms with Gasteiger partial charge in [0.15, 0.2) is 5.69 Å². The molecule has 0 aliphatic carbocycles. The maximum absolute atomic E-state index is 11.2. The van der Waals surface area contributed by atoms with Crippen LogP contribution in [0.25, 0.3) is 6.08 Å². The average molecular weight is 227 g/mol. The second kappa shape index (κ2) is 6.31. The van der Waals surface area contributed by atoms with Gasteiger partial charge >= 0.3 is 5.97 Å². The number of carbonyl (C=O) groups excluding carboxylic acids is 1. The molecule has 82 valence electrons. The predicted molar refractivity (Wildman–Crippen MR) is 58.8 cm³/mol. The van der Waals surface area contributed by atoms with Crippen molar-refractivity contribution in [2.45, 2.75) is 13.3 Å². The Morgan fingerprint density at radius 1 is 1.73 bits per heavy atom. The summed E-state index contributed by atoms with van der Waals surface area (Å²) in [5, 5.41) is 11.0. The molecule has 1 aromatic heterocycles. The van der Waals surface area contributed by atoms with Crippen LogP contribution in [-0.2, 0) is 4.74 Å². The fourth-order valence-corrected chi connectivity index (χ4v) is 1.63. The van der Waals surface area contributed by atoms with Gasteiger partial charge in [-0.15, -0.1) is 11.3 Å². The molecule has 15 heavy (non-hydrogen) atoms. The summed E-state index contributed by atoms with van der Waals surface area (Å²) in [4.78, 5) is 15.3. The number of thiazole rings is 1. The average Bonchev–Trinajstić information content (AvgIpc) is 2.67. The van der Waals surface area contributed by atoms with E-state index in [2.05, 4.69) is 4.98 Å². The van der Waals surface area contributed by atoms with E-state index in [9.17, 15) is 4.79 Å². The van der Waals surface area contributed by atoms with E-state index in [4.69, 9.17) is 9.84 Å². The number of hydrogen-bond acceptors (Lipinski definition) is 5. The van der Waals surface area contributed by atoms with Crippen LogP contribution < -0.4 is 0 Å². The predicted octanol–water partition coefficient (Wildman–Crippen LogP) is 1.72. The molecule has 1 heterocycles. The van der Waals surface area contributed by atoms with Gasteiger partial charge in [0, 0.05) is 12.0 Å². The van der Waals surface area contributed by atoms with Gasteiger partial charge in [0.25, 0.3) is 0 Å². The number of aliphatic hydroxyl groups excluding tert-OH is 1. The lowest BCUT2D eigenvalue weighted by Crippen LogP contribution is -2.04. The van der Waals surface area contributed by atoms with Gasteiger partial charge < -0.3 is 9.84 Å². The molecule has 0 fully saturated rings. The van der Waals surface area contributed by atoms with E-state index in [1.54, 1.807) is 18.4 Å². The summed E-state index contributed by atoms with van der Waals surface area (Å²) in [5.41, 5.74) is 0.338. The molecule has 0 spiro atoms. The van der Waals surface area contributed by atoms with E-state index in [0.717, 1.165) is 5.01 Å². The zero-order chi connectivity index (χ0) is 11.1. The molecule has 0 aliphatic rings. The molecule has 0 amide bonds. The van der Waals surface area contributed by atoms with Crippen LogP contribution in [-0.4, -0.2) is 29.3 Å². The SMILES string of the molecule is CCOC(=O)c1csc(C=CCCO)n1. The minimum Gasteiger partial charge on any atom is -0.461 e. The summed E-state index contributed by atoms with van der Waals surface area (Å²) in [7, 11) is 0. The Balaban J connectivity index is 2.59. The van der Waals surface area contributed by atoms with E-state index in [-0.39, 0.29) is 6.61 Å². The lowest BCUT2D eigenvalue weighted by Gasteiger charge is -1.95. The number of carbonyl (C=O) groups is 1. The number of nitrogens with zero attached hydrogens (tertiary/aromatic N) is 1. The third kappa shape index (κ3) is 3.81. The van der Waals surface area contributed by atoms with Crippen molar-refractivity contribution in [1.29, 1.82) is 0 Å². The number of hydrogen-bond donors (Lipinski definition) is 1. The summed E-state index contributed by atoms with van der Waals surface area (Å²) in [6, 6.07) is 0. The number of aliphatic hydroxyl groups is 1.